The molecule has 2 unspecified atom stereocenters. The van der Waals surface area contributed by atoms with E-state index in [-0.39, 0.29) is 29.5 Å². The van der Waals surface area contributed by atoms with Crippen LogP contribution >= 0.6 is 35.7 Å². The average molecular weight is 495 g/mol. The fraction of sp³-hybridized carbons (Fsp3) is 0.944. The maximum atomic E-state index is 5.56. The molecule has 2 atom stereocenters. The van der Waals surface area contributed by atoms with E-state index < -0.39 is 0 Å². The Morgan fingerprint density at radius 2 is 2.04 bits per heavy atom. The number of rotatable bonds is 5. The molecule has 0 aromatic carbocycles. The average Bonchev–Trinajstić information content (AvgIpc) is 3.21. The maximum absolute atomic E-state index is 5.56. The van der Waals surface area contributed by atoms with Gasteiger partial charge in [0.1, 0.15) is 0 Å². The van der Waals surface area contributed by atoms with Crippen LogP contribution in [0.2, 0.25) is 0 Å². The largest absolute Gasteiger partial charge is 0.379 e. The van der Waals surface area contributed by atoms with Crippen LogP contribution in [-0.4, -0.2) is 97.9 Å². The first kappa shape index (κ1) is 21.0. The van der Waals surface area contributed by atoms with E-state index in [4.69, 9.17) is 4.74 Å². The van der Waals surface area contributed by atoms with Crippen molar-refractivity contribution in [1.29, 1.82) is 0 Å². The fourth-order valence-electron chi connectivity index (χ4n) is 4.45. The van der Waals surface area contributed by atoms with Crippen molar-refractivity contribution in [3.05, 3.63) is 0 Å². The molecule has 6 nitrogen and oxygen atoms in total. The van der Waals surface area contributed by atoms with Gasteiger partial charge in [0, 0.05) is 63.1 Å². The first-order chi connectivity index (χ1) is 12.3. The van der Waals surface area contributed by atoms with Crippen LogP contribution in [0.15, 0.2) is 4.99 Å². The molecule has 4 fully saturated rings. The molecule has 2 N–H and O–H groups in total. The van der Waals surface area contributed by atoms with E-state index in [2.05, 4.69) is 37.2 Å². The van der Waals surface area contributed by atoms with Gasteiger partial charge in [0.15, 0.2) is 5.96 Å². The van der Waals surface area contributed by atoms with Gasteiger partial charge >= 0.3 is 0 Å². The smallest absolute Gasteiger partial charge is 0.191 e. The number of nitrogens with zero attached hydrogens (tertiary/aromatic N) is 3. The van der Waals surface area contributed by atoms with Crippen molar-refractivity contribution in [1.82, 2.24) is 20.4 Å². The van der Waals surface area contributed by atoms with Gasteiger partial charge < -0.3 is 15.4 Å². The summed E-state index contributed by atoms with van der Waals surface area (Å²) in [4.78, 5) is 9.80. The highest BCUT2D eigenvalue weighted by atomic mass is 127. The summed E-state index contributed by atoms with van der Waals surface area (Å²) in [5.41, 5.74) is 0.266. The summed E-state index contributed by atoms with van der Waals surface area (Å²) in [6.07, 6.45) is 5.31. The second-order valence-electron chi connectivity index (χ2n) is 7.91. The minimum Gasteiger partial charge on any atom is -0.379 e. The van der Waals surface area contributed by atoms with Gasteiger partial charge in [0.05, 0.1) is 13.2 Å². The number of aliphatic imine (C=N–C) groups is 1. The Hall–Kier alpha value is 0.230. The van der Waals surface area contributed by atoms with Gasteiger partial charge in [-0.15, -0.1) is 24.0 Å². The van der Waals surface area contributed by atoms with Crippen LogP contribution in [0, 0.1) is 0 Å². The normalized spacial score (nSPS) is 33.9. The van der Waals surface area contributed by atoms with Gasteiger partial charge in [0.2, 0.25) is 0 Å². The molecule has 3 saturated heterocycles. The summed E-state index contributed by atoms with van der Waals surface area (Å²) in [7, 11) is 1.90. The molecule has 0 spiro atoms. The lowest BCUT2D eigenvalue weighted by Gasteiger charge is -2.43. The van der Waals surface area contributed by atoms with Crippen LogP contribution in [0.5, 0.6) is 0 Å². The Kier molecular flexibility index (Phi) is 7.76. The summed E-state index contributed by atoms with van der Waals surface area (Å²) in [5, 5.41) is 7.33. The van der Waals surface area contributed by atoms with Gasteiger partial charge in [-0.3, -0.25) is 14.8 Å². The van der Waals surface area contributed by atoms with Crippen LogP contribution in [-0.2, 0) is 4.74 Å². The molecule has 1 aliphatic carbocycles. The van der Waals surface area contributed by atoms with Gasteiger partial charge in [-0.25, -0.2) is 0 Å². The monoisotopic (exact) mass is 495 g/mol. The zero-order valence-electron chi connectivity index (χ0n) is 15.9. The Balaban J connectivity index is 0.00000196. The molecule has 1 saturated carbocycles. The lowest BCUT2D eigenvalue weighted by Crippen LogP contribution is -2.60. The van der Waals surface area contributed by atoms with Crippen molar-refractivity contribution < 1.29 is 4.74 Å². The number of hydrogen-bond acceptors (Lipinski definition) is 5. The Morgan fingerprint density at radius 1 is 1.23 bits per heavy atom. The molecule has 8 heteroatoms. The van der Waals surface area contributed by atoms with Gasteiger partial charge in [0.25, 0.3) is 0 Å². The fourth-order valence-corrected chi connectivity index (χ4v) is 5.93. The molecule has 0 aromatic rings. The highest BCUT2D eigenvalue weighted by Crippen LogP contribution is 2.33. The summed E-state index contributed by atoms with van der Waals surface area (Å²) in [6.45, 7) is 7.28. The molecule has 0 aromatic heterocycles. The van der Waals surface area contributed by atoms with E-state index in [1.807, 2.05) is 7.05 Å². The predicted octanol–water partition coefficient (Wildman–Crippen LogP) is 1.21. The third-order valence-corrected chi connectivity index (χ3v) is 7.43. The van der Waals surface area contributed by atoms with Crippen LogP contribution < -0.4 is 10.6 Å². The molecule has 0 amide bonds. The number of hydrogen-bond donors (Lipinski definition) is 2. The Morgan fingerprint density at radius 3 is 2.69 bits per heavy atom. The van der Waals surface area contributed by atoms with Crippen molar-refractivity contribution in [2.45, 2.75) is 43.3 Å². The molecular weight excluding hydrogens is 461 g/mol. The molecule has 4 aliphatic rings. The third kappa shape index (κ3) is 4.98. The zero-order valence-corrected chi connectivity index (χ0v) is 19.1. The molecule has 0 bridgehead atoms. The SMILES string of the molecule is CN=C(NCC1(N2CCOCC2)CCSC1)NC1CCN(C2CC2)C1.I. The van der Waals surface area contributed by atoms with Crippen molar-refractivity contribution in [2.75, 3.05) is 64.5 Å². The molecule has 0 radical (unpaired) electrons. The standard InChI is InChI=1S/C18H33N5OS.HI/c1-19-17(21-15-4-6-22(12-15)16-2-3-16)20-13-18(5-11-25-14-18)23-7-9-24-10-8-23;/h15-16H,2-14H2,1H3,(H2,19,20,21);1H. The van der Waals surface area contributed by atoms with Crippen molar-refractivity contribution in [2.24, 2.45) is 4.99 Å². The van der Waals surface area contributed by atoms with E-state index in [9.17, 15) is 0 Å². The second-order valence-corrected chi connectivity index (χ2v) is 9.01. The molecule has 150 valence electrons. The van der Waals surface area contributed by atoms with E-state index in [0.717, 1.165) is 44.8 Å². The molecule has 4 rings (SSSR count). The second kappa shape index (κ2) is 9.62. The van der Waals surface area contributed by atoms with Gasteiger partial charge in [-0.1, -0.05) is 0 Å². The lowest BCUT2D eigenvalue weighted by atomic mass is 9.95. The van der Waals surface area contributed by atoms with E-state index >= 15 is 0 Å². The van der Waals surface area contributed by atoms with Crippen LogP contribution in [0.25, 0.3) is 0 Å². The number of ether oxygens (including phenoxy) is 1. The minimum atomic E-state index is 0. The minimum absolute atomic E-state index is 0. The highest BCUT2D eigenvalue weighted by molar-refractivity contribution is 14.0. The molecular formula is C18H34IN5OS. The first-order valence-electron chi connectivity index (χ1n) is 9.91. The third-order valence-electron chi connectivity index (χ3n) is 6.20. The maximum Gasteiger partial charge on any atom is 0.191 e. The van der Waals surface area contributed by atoms with Crippen molar-refractivity contribution >= 4 is 41.7 Å². The van der Waals surface area contributed by atoms with Gasteiger partial charge in [-0.2, -0.15) is 11.8 Å². The number of morpholine rings is 1. The van der Waals surface area contributed by atoms with E-state index in [1.54, 1.807) is 0 Å². The number of halogens is 1. The summed E-state index contributed by atoms with van der Waals surface area (Å²) in [6, 6.07) is 1.42. The summed E-state index contributed by atoms with van der Waals surface area (Å²) in [5.74, 6) is 3.46. The van der Waals surface area contributed by atoms with Gasteiger partial charge in [-0.05, 0) is 31.4 Å². The van der Waals surface area contributed by atoms with Crippen molar-refractivity contribution in [3.8, 4) is 0 Å². The quantitative estimate of drug-likeness (QED) is 0.340. The van der Waals surface area contributed by atoms with Crippen molar-refractivity contribution in [3.63, 3.8) is 0 Å². The molecule has 26 heavy (non-hydrogen) atoms. The van der Waals surface area contributed by atoms with E-state index in [0.29, 0.717) is 6.04 Å². The van der Waals surface area contributed by atoms with Crippen LogP contribution in [0.1, 0.15) is 25.7 Å². The first-order valence-corrected chi connectivity index (χ1v) is 11.1. The van der Waals surface area contributed by atoms with Crippen LogP contribution in [0.4, 0.5) is 0 Å². The number of guanidine groups is 1. The summed E-state index contributed by atoms with van der Waals surface area (Å²) < 4.78 is 5.56. The molecule has 3 heterocycles. The summed E-state index contributed by atoms with van der Waals surface area (Å²) >= 11 is 2.09. The number of nitrogens with one attached hydrogen (secondary N) is 2. The number of thioether (sulfide) groups is 1. The Bertz CT molecular complexity index is 478. The topological polar surface area (TPSA) is 52.1 Å². The Labute approximate surface area is 179 Å². The van der Waals surface area contributed by atoms with Crippen LogP contribution in [0.3, 0.4) is 0 Å². The predicted molar refractivity (Wildman–Crippen MR) is 120 cm³/mol. The zero-order chi connectivity index (χ0) is 17.1. The highest BCUT2D eigenvalue weighted by Gasteiger charge is 2.41. The van der Waals surface area contributed by atoms with E-state index in [1.165, 1.54) is 50.3 Å². The lowest BCUT2D eigenvalue weighted by molar-refractivity contribution is -0.0120. The number of likely N-dealkylation sites (tertiary alicyclic amines) is 1. The molecule has 3 aliphatic heterocycles.